The standard InChI is InChI=1S/C10H18N6O/c1-17-8-9(14-11)12-7-13-10(8)15-16-5-3-2-4-6-16/h7H,2-6,11H2,1H3,(H2,12,13,14,15). The minimum Gasteiger partial charge on any atom is -0.490 e. The Morgan fingerprint density at radius 3 is 2.59 bits per heavy atom. The molecule has 2 heterocycles. The Morgan fingerprint density at radius 1 is 1.24 bits per heavy atom. The molecule has 1 saturated heterocycles. The number of nitrogens with zero attached hydrogens (tertiary/aromatic N) is 3. The molecule has 0 unspecified atom stereocenters. The van der Waals surface area contributed by atoms with E-state index in [2.05, 4.69) is 25.8 Å². The quantitative estimate of drug-likeness (QED) is 0.522. The van der Waals surface area contributed by atoms with Crippen molar-refractivity contribution in [3.05, 3.63) is 6.33 Å². The maximum Gasteiger partial charge on any atom is 0.206 e. The molecule has 0 bridgehead atoms. The Balaban J connectivity index is 2.13. The molecule has 2 rings (SSSR count). The van der Waals surface area contributed by atoms with Crippen molar-refractivity contribution in [1.82, 2.24) is 15.0 Å². The number of nitrogens with two attached hydrogens (primary N) is 1. The number of nitrogens with one attached hydrogen (secondary N) is 2. The van der Waals surface area contributed by atoms with Crippen LogP contribution in [-0.2, 0) is 0 Å². The first kappa shape index (κ1) is 11.9. The molecule has 7 nitrogen and oxygen atoms in total. The van der Waals surface area contributed by atoms with E-state index in [0.717, 1.165) is 13.1 Å². The van der Waals surface area contributed by atoms with E-state index >= 15 is 0 Å². The number of methoxy groups -OCH3 is 1. The van der Waals surface area contributed by atoms with Crippen molar-refractivity contribution in [2.24, 2.45) is 5.84 Å². The van der Waals surface area contributed by atoms with Gasteiger partial charge in [0.25, 0.3) is 0 Å². The molecule has 1 aliphatic heterocycles. The van der Waals surface area contributed by atoms with Gasteiger partial charge in [-0.3, -0.25) is 5.43 Å². The molecule has 0 spiro atoms. The van der Waals surface area contributed by atoms with Crippen LogP contribution in [0.5, 0.6) is 5.75 Å². The Labute approximate surface area is 100 Å². The van der Waals surface area contributed by atoms with Crippen molar-refractivity contribution >= 4 is 11.6 Å². The number of hydrogen-bond acceptors (Lipinski definition) is 7. The highest BCUT2D eigenvalue weighted by Gasteiger charge is 2.15. The Bertz CT molecular complexity index is 366. The lowest BCUT2D eigenvalue weighted by Crippen LogP contribution is -2.35. The van der Waals surface area contributed by atoms with Gasteiger partial charge in [0, 0.05) is 13.1 Å². The average Bonchev–Trinajstić information content (AvgIpc) is 2.39. The van der Waals surface area contributed by atoms with E-state index in [1.54, 1.807) is 7.11 Å². The van der Waals surface area contributed by atoms with Crippen molar-refractivity contribution < 1.29 is 4.74 Å². The highest BCUT2D eigenvalue weighted by molar-refractivity contribution is 5.62. The number of nitrogen functional groups attached to an aromatic ring is 1. The summed E-state index contributed by atoms with van der Waals surface area (Å²) in [4.78, 5) is 8.16. The number of piperidine rings is 1. The van der Waals surface area contributed by atoms with E-state index in [0.29, 0.717) is 17.4 Å². The minimum absolute atomic E-state index is 0.474. The number of aromatic nitrogens is 2. The molecule has 0 saturated carbocycles. The summed E-state index contributed by atoms with van der Waals surface area (Å²) in [5, 5.41) is 2.13. The number of rotatable bonds is 4. The third-order valence-electron chi connectivity index (χ3n) is 2.76. The second kappa shape index (κ2) is 5.65. The predicted molar refractivity (Wildman–Crippen MR) is 65.4 cm³/mol. The molecule has 1 fully saturated rings. The lowest BCUT2D eigenvalue weighted by atomic mass is 10.2. The van der Waals surface area contributed by atoms with Gasteiger partial charge < -0.3 is 10.2 Å². The Kier molecular flexibility index (Phi) is 3.94. The fourth-order valence-corrected chi connectivity index (χ4v) is 1.91. The molecular formula is C10H18N6O. The monoisotopic (exact) mass is 238 g/mol. The van der Waals surface area contributed by atoms with Crippen LogP contribution in [0.1, 0.15) is 19.3 Å². The van der Waals surface area contributed by atoms with Crippen LogP contribution in [-0.4, -0.2) is 35.2 Å². The van der Waals surface area contributed by atoms with Gasteiger partial charge in [-0.05, 0) is 12.8 Å². The SMILES string of the molecule is COc1c(NN)ncnc1NN1CCCCC1. The third-order valence-corrected chi connectivity index (χ3v) is 2.76. The number of anilines is 2. The first-order chi connectivity index (χ1) is 8.35. The van der Waals surface area contributed by atoms with Crippen molar-refractivity contribution in [3.8, 4) is 5.75 Å². The molecular weight excluding hydrogens is 220 g/mol. The summed E-state index contributed by atoms with van der Waals surface area (Å²) in [6.45, 7) is 2.02. The molecule has 4 N–H and O–H groups in total. The largest absolute Gasteiger partial charge is 0.490 e. The second-order valence-electron chi connectivity index (χ2n) is 3.91. The van der Waals surface area contributed by atoms with E-state index in [1.165, 1.54) is 25.6 Å². The molecule has 1 aromatic heterocycles. The molecule has 0 aliphatic carbocycles. The number of ether oxygens (including phenoxy) is 1. The van der Waals surface area contributed by atoms with Gasteiger partial charge in [0.2, 0.25) is 5.75 Å². The molecule has 1 aliphatic rings. The summed E-state index contributed by atoms with van der Waals surface area (Å²) in [5.41, 5.74) is 5.73. The lowest BCUT2D eigenvalue weighted by molar-refractivity contribution is 0.270. The van der Waals surface area contributed by atoms with Gasteiger partial charge in [0.1, 0.15) is 6.33 Å². The van der Waals surface area contributed by atoms with E-state index in [1.807, 2.05) is 0 Å². The summed E-state index contributed by atoms with van der Waals surface area (Å²) < 4.78 is 5.25. The summed E-state index contributed by atoms with van der Waals surface area (Å²) in [5.74, 6) is 7.01. The highest BCUT2D eigenvalue weighted by Crippen LogP contribution is 2.28. The molecule has 94 valence electrons. The van der Waals surface area contributed by atoms with E-state index in [9.17, 15) is 0 Å². The van der Waals surface area contributed by atoms with Gasteiger partial charge in [-0.2, -0.15) is 0 Å². The second-order valence-corrected chi connectivity index (χ2v) is 3.91. The summed E-state index contributed by atoms with van der Waals surface area (Å²) in [6.07, 6.45) is 5.13. The average molecular weight is 238 g/mol. The predicted octanol–water partition coefficient (Wildman–Crippen LogP) is 0.584. The number of hydrogen-bond donors (Lipinski definition) is 3. The normalized spacial score (nSPS) is 16.6. The Morgan fingerprint density at radius 2 is 1.94 bits per heavy atom. The molecule has 0 atom stereocenters. The van der Waals surface area contributed by atoms with Gasteiger partial charge in [0.05, 0.1) is 7.11 Å². The summed E-state index contributed by atoms with van der Waals surface area (Å²) in [7, 11) is 1.57. The number of hydrazine groups is 2. The van der Waals surface area contributed by atoms with Crippen molar-refractivity contribution in [2.75, 3.05) is 31.1 Å². The molecule has 1 aromatic rings. The van der Waals surface area contributed by atoms with Gasteiger partial charge in [-0.25, -0.2) is 20.8 Å². The van der Waals surface area contributed by atoms with Crippen LogP contribution >= 0.6 is 0 Å². The van der Waals surface area contributed by atoms with Crippen LogP contribution in [0.25, 0.3) is 0 Å². The van der Waals surface area contributed by atoms with E-state index in [-0.39, 0.29) is 0 Å². The Hall–Kier alpha value is -1.60. The molecule has 0 amide bonds. The lowest BCUT2D eigenvalue weighted by Gasteiger charge is -2.27. The summed E-state index contributed by atoms with van der Waals surface area (Å²) in [6, 6.07) is 0. The molecule has 17 heavy (non-hydrogen) atoms. The first-order valence-corrected chi connectivity index (χ1v) is 5.72. The zero-order chi connectivity index (χ0) is 12.1. The fraction of sp³-hybridized carbons (Fsp3) is 0.600. The first-order valence-electron chi connectivity index (χ1n) is 5.72. The topological polar surface area (TPSA) is 88.3 Å². The minimum atomic E-state index is 0.474. The zero-order valence-electron chi connectivity index (χ0n) is 9.94. The van der Waals surface area contributed by atoms with E-state index in [4.69, 9.17) is 10.6 Å². The van der Waals surface area contributed by atoms with Crippen LogP contribution in [0, 0.1) is 0 Å². The van der Waals surface area contributed by atoms with Gasteiger partial charge in [0.15, 0.2) is 11.6 Å². The summed E-state index contributed by atoms with van der Waals surface area (Å²) >= 11 is 0. The zero-order valence-corrected chi connectivity index (χ0v) is 9.94. The van der Waals surface area contributed by atoms with Crippen LogP contribution in [0.15, 0.2) is 6.33 Å². The fourth-order valence-electron chi connectivity index (χ4n) is 1.91. The maximum atomic E-state index is 5.37. The molecule has 0 radical (unpaired) electrons. The van der Waals surface area contributed by atoms with Crippen molar-refractivity contribution in [1.29, 1.82) is 0 Å². The van der Waals surface area contributed by atoms with Crippen LogP contribution in [0.4, 0.5) is 11.6 Å². The maximum absolute atomic E-state index is 5.37. The third kappa shape index (κ3) is 2.75. The van der Waals surface area contributed by atoms with Crippen LogP contribution in [0.2, 0.25) is 0 Å². The van der Waals surface area contributed by atoms with Crippen molar-refractivity contribution in [2.45, 2.75) is 19.3 Å². The van der Waals surface area contributed by atoms with Crippen molar-refractivity contribution in [3.63, 3.8) is 0 Å². The smallest absolute Gasteiger partial charge is 0.206 e. The van der Waals surface area contributed by atoms with E-state index < -0.39 is 0 Å². The van der Waals surface area contributed by atoms with Crippen LogP contribution < -0.4 is 21.4 Å². The van der Waals surface area contributed by atoms with Gasteiger partial charge in [-0.15, -0.1) is 0 Å². The highest BCUT2D eigenvalue weighted by atomic mass is 16.5. The van der Waals surface area contributed by atoms with Gasteiger partial charge >= 0.3 is 0 Å². The van der Waals surface area contributed by atoms with Crippen LogP contribution in [0.3, 0.4) is 0 Å². The molecule has 7 heteroatoms. The molecule has 0 aromatic carbocycles. The van der Waals surface area contributed by atoms with Gasteiger partial charge in [-0.1, -0.05) is 6.42 Å².